The lowest BCUT2D eigenvalue weighted by molar-refractivity contribution is -0.303. The number of allylic oxidation sites excluding steroid dienone is 2. The molecule has 1 saturated heterocycles. The van der Waals surface area contributed by atoms with E-state index >= 15 is 0 Å². The molecule has 0 aliphatic carbocycles. The zero-order valence-corrected chi connectivity index (χ0v) is 32.8. The average molecular weight is 746 g/mol. The number of amides is 1. The minimum atomic E-state index is -1.66. The highest BCUT2D eigenvalue weighted by molar-refractivity contribution is 5.80. The number of nitrogens with one attached hydrogen (secondary N) is 1. The van der Waals surface area contributed by atoms with E-state index in [9.17, 15) is 40.5 Å². The van der Waals surface area contributed by atoms with E-state index in [1.165, 1.54) is 103 Å². The fourth-order valence-electron chi connectivity index (χ4n) is 6.74. The van der Waals surface area contributed by atoms with Crippen LogP contribution in [-0.4, -0.2) is 110 Å². The molecule has 0 aromatic rings. The SMILES string of the molecule is CCCCCC/C=C\CCC(O)C(=O)NC(COC1OC(CO)C(O)C(O)C1O)C(O)C(O)CCCCCCCCCCCCCCCCCCC. The maximum atomic E-state index is 12.9. The molecule has 1 amide bonds. The molecular weight excluding hydrogens is 666 g/mol. The van der Waals surface area contributed by atoms with Gasteiger partial charge in [-0.05, 0) is 32.1 Å². The molecule has 308 valence electrons. The molecule has 1 rings (SSSR count). The van der Waals surface area contributed by atoms with Crippen LogP contribution in [0.1, 0.15) is 174 Å². The maximum absolute atomic E-state index is 12.9. The fraction of sp³-hybridized carbons (Fsp3) is 0.927. The lowest BCUT2D eigenvalue weighted by atomic mass is 9.98. The van der Waals surface area contributed by atoms with Crippen LogP contribution in [0.15, 0.2) is 12.2 Å². The van der Waals surface area contributed by atoms with Crippen molar-refractivity contribution in [2.24, 2.45) is 0 Å². The topological polar surface area (TPSA) is 189 Å². The van der Waals surface area contributed by atoms with Crippen LogP contribution in [0.4, 0.5) is 0 Å². The van der Waals surface area contributed by atoms with Gasteiger partial charge in [-0.2, -0.15) is 0 Å². The van der Waals surface area contributed by atoms with Crippen LogP contribution in [0.2, 0.25) is 0 Å². The number of carbonyl (C=O) groups is 1. The first-order valence-electron chi connectivity index (χ1n) is 21.1. The lowest BCUT2D eigenvalue weighted by Gasteiger charge is -2.40. The highest BCUT2D eigenvalue weighted by Gasteiger charge is 2.44. The van der Waals surface area contributed by atoms with Crippen molar-refractivity contribution in [2.75, 3.05) is 13.2 Å². The van der Waals surface area contributed by atoms with Gasteiger partial charge in [-0.1, -0.05) is 154 Å². The third-order valence-corrected chi connectivity index (χ3v) is 10.3. The zero-order valence-electron chi connectivity index (χ0n) is 32.8. The number of unbranched alkanes of at least 4 members (excludes halogenated alkanes) is 20. The molecule has 0 bridgehead atoms. The molecular formula is C41H79NO10. The van der Waals surface area contributed by atoms with Crippen molar-refractivity contribution in [3.63, 3.8) is 0 Å². The number of aliphatic hydroxyl groups is 7. The monoisotopic (exact) mass is 746 g/mol. The molecule has 52 heavy (non-hydrogen) atoms. The largest absolute Gasteiger partial charge is 0.394 e. The molecule has 0 saturated carbocycles. The van der Waals surface area contributed by atoms with E-state index < -0.39 is 74.2 Å². The predicted molar refractivity (Wildman–Crippen MR) is 206 cm³/mol. The standard InChI is InChI=1S/C41H79NO10/c1-3-5-7-9-11-13-14-15-16-17-18-19-20-21-23-24-26-28-33(44)36(46)32(31-51-41-39(49)38(48)37(47)35(30-43)52-41)42-40(50)34(45)29-27-25-22-12-10-8-6-4-2/h22,25,32-39,41,43-49H,3-21,23-24,26-31H2,1-2H3,(H,42,50)/b25-22-. The Labute approximate surface area is 315 Å². The minimum absolute atomic E-state index is 0.176. The van der Waals surface area contributed by atoms with Crippen molar-refractivity contribution < 1.29 is 50.0 Å². The van der Waals surface area contributed by atoms with Gasteiger partial charge in [-0.15, -0.1) is 0 Å². The summed E-state index contributed by atoms with van der Waals surface area (Å²) in [6, 6.07) is -1.18. The van der Waals surface area contributed by atoms with Crippen molar-refractivity contribution in [3.05, 3.63) is 12.2 Å². The summed E-state index contributed by atoms with van der Waals surface area (Å²) in [5.74, 6) is -0.734. The number of carbonyl (C=O) groups excluding carboxylic acids is 1. The molecule has 0 spiro atoms. The number of hydrogen-bond donors (Lipinski definition) is 8. The first-order valence-corrected chi connectivity index (χ1v) is 21.1. The van der Waals surface area contributed by atoms with Gasteiger partial charge in [0.1, 0.15) is 36.6 Å². The summed E-state index contributed by atoms with van der Waals surface area (Å²) in [4.78, 5) is 12.9. The van der Waals surface area contributed by atoms with E-state index in [0.29, 0.717) is 19.3 Å². The molecule has 1 heterocycles. The summed E-state index contributed by atoms with van der Waals surface area (Å²) in [6.07, 6.45) is 20.1. The van der Waals surface area contributed by atoms with Crippen LogP contribution < -0.4 is 5.32 Å². The van der Waals surface area contributed by atoms with Crippen molar-refractivity contribution in [2.45, 2.75) is 229 Å². The van der Waals surface area contributed by atoms with Gasteiger partial charge in [0.2, 0.25) is 5.91 Å². The van der Waals surface area contributed by atoms with Gasteiger partial charge >= 0.3 is 0 Å². The Morgan fingerprint density at radius 2 is 1.13 bits per heavy atom. The summed E-state index contributed by atoms with van der Waals surface area (Å²) in [6.45, 7) is 3.35. The highest BCUT2D eigenvalue weighted by Crippen LogP contribution is 2.23. The van der Waals surface area contributed by atoms with E-state index in [4.69, 9.17) is 9.47 Å². The molecule has 11 nitrogen and oxygen atoms in total. The maximum Gasteiger partial charge on any atom is 0.249 e. The van der Waals surface area contributed by atoms with Crippen LogP contribution in [-0.2, 0) is 14.3 Å². The molecule has 11 heteroatoms. The van der Waals surface area contributed by atoms with Gasteiger partial charge in [0, 0.05) is 0 Å². The Morgan fingerprint density at radius 1 is 0.654 bits per heavy atom. The highest BCUT2D eigenvalue weighted by atomic mass is 16.7. The normalized spacial score (nSPS) is 23.1. The van der Waals surface area contributed by atoms with E-state index in [0.717, 1.165) is 32.1 Å². The van der Waals surface area contributed by atoms with Crippen LogP contribution in [0.5, 0.6) is 0 Å². The van der Waals surface area contributed by atoms with Gasteiger partial charge in [0.15, 0.2) is 6.29 Å². The van der Waals surface area contributed by atoms with Crippen LogP contribution in [0.3, 0.4) is 0 Å². The quantitative estimate of drug-likeness (QED) is 0.0299. The number of ether oxygens (including phenoxy) is 2. The molecule has 0 radical (unpaired) electrons. The molecule has 0 aromatic heterocycles. The fourth-order valence-corrected chi connectivity index (χ4v) is 6.74. The summed E-state index contributed by atoms with van der Waals surface area (Å²) in [5, 5.41) is 75.2. The van der Waals surface area contributed by atoms with Gasteiger partial charge in [-0.3, -0.25) is 4.79 Å². The third-order valence-electron chi connectivity index (χ3n) is 10.3. The minimum Gasteiger partial charge on any atom is -0.394 e. The second kappa shape index (κ2) is 32.1. The summed E-state index contributed by atoms with van der Waals surface area (Å²) < 4.78 is 11.0. The molecule has 9 atom stereocenters. The van der Waals surface area contributed by atoms with Gasteiger partial charge in [0.05, 0.1) is 25.4 Å². The first kappa shape index (κ1) is 48.9. The summed E-state index contributed by atoms with van der Waals surface area (Å²) >= 11 is 0. The molecule has 1 aliphatic rings. The van der Waals surface area contributed by atoms with Gasteiger partial charge < -0.3 is 50.5 Å². The van der Waals surface area contributed by atoms with E-state index in [2.05, 4.69) is 25.2 Å². The van der Waals surface area contributed by atoms with Crippen molar-refractivity contribution in [1.29, 1.82) is 0 Å². The Hall–Kier alpha value is -1.15. The third kappa shape index (κ3) is 22.3. The molecule has 9 unspecified atom stereocenters. The van der Waals surface area contributed by atoms with Crippen molar-refractivity contribution in [3.8, 4) is 0 Å². The Morgan fingerprint density at radius 3 is 1.65 bits per heavy atom. The van der Waals surface area contributed by atoms with Crippen molar-refractivity contribution >= 4 is 5.91 Å². The smallest absolute Gasteiger partial charge is 0.249 e. The van der Waals surface area contributed by atoms with Crippen LogP contribution in [0.25, 0.3) is 0 Å². The summed E-state index contributed by atoms with van der Waals surface area (Å²) in [5.41, 5.74) is 0. The Balaban J connectivity index is 2.48. The van der Waals surface area contributed by atoms with Gasteiger partial charge in [-0.25, -0.2) is 0 Å². The second-order valence-corrected chi connectivity index (χ2v) is 15.1. The van der Waals surface area contributed by atoms with Gasteiger partial charge in [0.25, 0.3) is 0 Å². The molecule has 1 fully saturated rings. The zero-order chi connectivity index (χ0) is 38.4. The lowest BCUT2D eigenvalue weighted by Crippen LogP contribution is -2.60. The van der Waals surface area contributed by atoms with Crippen LogP contribution in [0, 0.1) is 0 Å². The Bertz CT molecular complexity index is 861. The van der Waals surface area contributed by atoms with E-state index in [-0.39, 0.29) is 6.42 Å². The number of aliphatic hydroxyl groups excluding tert-OH is 7. The summed E-state index contributed by atoms with van der Waals surface area (Å²) in [7, 11) is 0. The number of hydrogen-bond acceptors (Lipinski definition) is 10. The Kier molecular flexibility index (Phi) is 30.2. The van der Waals surface area contributed by atoms with Crippen LogP contribution >= 0.6 is 0 Å². The second-order valence-electron chi connectivity index (χ2n) is 15.1. The molecule has 1 aliphatic heterocycles. The number of rotatable bonds is 34. The molecule has 8 N–H and O–H groups in total. The van der Waals surface area contributed by atoms with Crippen molar-refractivity contribution in [1.82, 2.24) is 5.32 Å². The first-order chi connectivity index (χ1) is 25.2. The van der Waals surface area contributed by atoms with E-state index in [1.807, 2.05) is 6.08 Å². The van der Waals surface area contributed by atoms with E-state index in [1.54, 1.807) is 0 Å². The molecule has 0 aromatic carbocycles. The average Bonchev–Trinajstić information content (AvgIpc) is 3.14. The predicted octanol–water partition coefficient (Wildman–Crippen LogP) is 5.72.